The van der Waals surface area contributed by atoms with Gasteiger partial charge in [-0.25, -0.2) is 4.79 Å². The van der Waals surface area contributed by atoms with Gasteiger partial charge in [-0.15, -0.1) is 0 Å². The molecule has 6 atom stereocenters. The minimum Gasteiger partial charge on any atom is -0.479 e. The van der Waals surface area contributed by atoms with Crippen LogP contribution in [0.4, 0.5) is 0 Å². The number of esters is 2. The van der Waals surface area contributed by atoms with Gasteiger partial charge in [0.1, 0.15) is 24.9 Å². The van der Waals surface area contributed by atoms with Gasteiger partial charge in [-0.1, -0.05) is 251 Å². The first-order valence-electron chi connectivity index (χ1n) is 29.2. The lowest BCUT2D eigenvalue weighted by Gasteiger charge is -2.38. The summed E-state index contributed by atoms with van der Waals surface area (Å²) >= 11 is 0. The maximum atomic E-state index is 12.9. The van der Waals surface area contributed by atoms with Gasteiger partial charge >= 0.3 is 17.9 Å². The quantitative estimate of drug-likeness (QED) is 0.0260. The van der Waals surface area contributed by atoms with Crippen LogP contribution in [0.3, 0.4) is 0 Å². The average molecular weight is 981 g/mol. The Morgan fingerprint density at radius 2 is 0.768 bits per heavy atom. The molecule has 0 radical (unpaired) electrons. The molecule has 4 N–H and O–H groups in total. The number of hydrogen-bond acceptors (Lipinski definition) is 10. The van der Waals surface area contributed by atoms with Gasteiger partial charge in [-0.3, -0.25) is 9.59 Å². The van der Waals surface area contributed by atoms with E-state index in [0.29, 0.717) is 12.8 Å². The molecule has 11 heteroatoms. The van der Waals surface area contributed by atoms with Crippen molar-refractivity contribution >= 4 is 17.9 Å². The van der Waals surface area contributed by atoms with Crippen LogP contribution in [-0.4, -0.2) is 88.4 Å². The summed E-state index contributed by atoms with van der Waals surface area (Å²) in [5.74, 6) is -2.42. The second kappa shape index (κ2) is 48.2. The Morgan fingerprint density at radius 1 is 0.435 bits per heavy atom. The van der Waals surface area contributed by atoms with Crippen molar-refractivity contribution in [2.24, 2.45) is 0 Å². The number of unbranched alkanes of at least 4 members (excludes halogenated alkanes) is 38. The highest BCUT2D eigenvalue weighted by molar-refractivity contribution is 5.73. The van der Waals surface area contributed by atoms with Crippen LogP contribution in [0, 0.1) is 0 Å². The standard InChI is InChI=1S/C58H108O11/c1-3-5-7-9-11-13-15-17-19-21-23-25-27-29-31-33-35-37-39-41-43-45-47-52(60)68-50(49-67-58-55(63)53(61)54(62)56(69-58)57(64)65)48-66-51(59)46-44-42-40-38-36-34-32-30-28-26-24-22-20-18-16-14-12-10-8-6-4-2/h22,24,50,53-56,58,61-63H,3-21,23,25-49H2,1-2H3,(H,64,65)/b24-22-. The van der Waals surface area contributed by atoms with Crippen molar-refractivity contribution in [2.75, 3.05) is 13.2 Å². The number of aliphatic hydroxyl groups excluding tert-OH is 3. The fraction of sp³-hybridized carbons (Fsp3) is 0.914. The molecule has 0 aliphatic carbocycles. The summed E-state index contributed by atoms with van der Waals surface area (Å²) < 4.78 is 21.9. The van der Waals surface area contributed by atoms with E-state index in [4.69, 9.17) is 18.9 Å². The van der Waals surface area contributed by atoms with Gasteiger partial charge in [0.2, 0.25) is 0 Å². The van der Waals surface area contributed by atoms with Crippen LogP contribution in [0.2, 0.25) is 0 Å². The minimum atomic E-state index is -1.86. The maximum Gasteiger partial charge on any atom is 0.335 e. The van der Waals surface area contributed by atoms with Gasteiger partial charge in [0.25, 0.3) is 0 Å². The molecule has 1 heterocycles. The van der Waals surface area contributed by atoms with Crippen LogP contribution in [0.1, 0.15) is 290 Å². The van der Waals surface area contributed by atoms with Crippen LogP contribution in [0.25, 0.3) is 0 Å². The normalized spacial score (nSPS) is 18.8. The highest BCUT2D eigenvalue weighted by Gasteiger charge is 2.47. The molecule has 0 bridgehead atoms. The molecule has 1 fully saturated rings. The summed E-state index contributed by atoms with van der Waals surface area (Å²) in [4.78, 5) is 37.1. The highest BCUT2D eigenvalue weighted by Crippen LogP contribution is 2.23. The Kier molecular flexibility index (Phi) is 45.4. The molecule has 406 valence electrons. The first kappa shape index (κ1) is 65.0. The number of ether oxygens (including phenoxy) is 4. The summed E-state index contributed by atoms with van der Waals surface area (Å²) in [6, 6.07) is 0. The number of carboxylic acid groups (broad SMARTS) is 1. The van der Waals surface area contributed by atoms with Crippen LogP contribution in [-0.2, 0) is 33.3 Å². The summed E-state index contributed by atoms with van der Waals surface area (Å²) in [6.45, 7) is 3.88. The predicted molar refractivity (Wildman–Crippen MR) is 280 cm³/mol. The molecule has 1 aliphatic rings. The highest BCUT2D eigenvalue weighted by atomic mass is 16.7. The van der Waals surface area contributed by atoms with Gasteiger partial charge in [-0.2, -0.15) is 0 Å². The van der Waals surface area contributed by atoms with E-state index in [1.807, 2.05) is 0 Å². The molecule has 11 nitrogen and oxygen atoms in total. The number of aliphatic carboxylic acids is 1. The van der Waals surface area contributed by atoms with Gasteiger partial charge < -0.3 is 39.4 Å². The Labute approximate surface area is 422 Å². The SMILES string of the molecule is CCCCCCCCCC/C=C\CCCCCCCCCCCC(=O)OCC(COC1OC(C(=O)O)C(O)C(O)C1O)OC(=O)CCCCCCCCCCCCCCCCCCCCCCCC. The number of carbonyl (C=O) groups excluding carboxylic acids is 2. The summed E-state index contributed by atoms with van der Waals surface area (Å²) in [5, 5.41) is 40.0. The zero-order valence-corrected chi connectivity index (χ0v) is 44.6. The van der Waals surface area contributed by atoms with Crippen molar-refractivity contribution in [1.82, 2.24) is 0 Å². The first-order valence-corrected chi connectivity index (χ1v) is 29.2. The van der Waals surface area contributed by atoms with Crippen molar-refractivity contribution in [2.45, 2.75) is 327 Å². The minimum absolute atomic E-state index is 0.189. The van der Waals surface area contributed by atoms with E-state index < -0.39 is 54.7 Å². The summed E-state index contributed by atoms with van der Waals surface area (Å²) in [7, 11) is 0. The van der Waals surface area contributed by atoms with Gasteiger partial charge in [-0.05, 0) is 38.5 Å². The number of carbonyl (C=O) groups is 3. The summed E-state index contributed by atoms with van der Waals surface area (Å²) in [6.07, 6.45) is 47.0. The predicted octanol–water partition coefficient (Wildman–Crippen LogP) is 14.7. The van der Waals surface area contributed by atoms with Gasteiger partial charge in [0.15, 0.2) is 18.5 Å². The van der Waals surface area contributed by atoms with Crippen LogP contribution in [0.5, 0.6) is 0 Å². The molecule has 0 aromatic rings. The van der Waals surface area contributed by atoms with Crippen LogP contribution < -0.4 is 0 Å². The van der Waals surface area contributed by atoms with Crippen molar-refractivity contribution in [1.29, 1.82) is 0 Å². The van der Waals surface area contributed by atoms with Gasteiger partial charge in [0.05, 0.1) is 6.61 Å². The lowest BCUT2D eigenvalue weighted by molar-refractivity contribution is -0.298. The van der Waals surface area contributed by atoms with Crippen LogP contribution >= 0.6 is 0 Å². The third kappa shape index (κ3) is 39.2. The zero-order valence-electron chi connectivity index (χ0n) is 44.6. The number of rotatable bonds is 51. The first-order chi connectivity index (χ1) is 33.7. The topological polar surface area (TPSA) is 169 Å². The summed E-state index contributed by atoms with van der Waals surface area (Å²) in [5.41, 5.74) is 0. The average Bonchev–Trinajstić information content (AvgIpc) is 3.34. The third-order valence-electron chi connectivity index (χ3n) is 13.9. The molecule has 0 saturated carbocycles. The maximum absolute atomic E-state index is 12.9. The number of aliphatic hydroxyl groups is 3. The molecule has 1 saturated heterocycles. The lowest BCUT2D eigenvalue weighted by Crippen LogP contribution is -2.60. The Morgan fingerprint density at radius 3 is 1.13 bits per heavy atom. The lowest BCUT2D eigenvalue weighted by atomic mass is 9.99. The Bertz CT molecular complexity index is 1200. The van der Waals surface area contributed by atoms with E-state index in [1.165, 1.54) is 212 Å². The Hall–Kier alpha value is -2.05. The van der Waals surface area contributed by atoms with E-state index in [9.17, 15) is 34.8 Å². The smallest absolute Gasteiger partial charge is 0.335 e. The molecule has 0 spiro atoms. The van der Waals surface area contributed by atoms with Crippen molar-refractivity contribution in [3.05, 3.63) is 12.2 Å². The molecule has 0 aromatic heterocycles. The molecular weight excluding hydrogens is 873 g/mol. The number of carboxylic acids is 1. The van der Waals surface area contributed by atoms with Gasteiger partial charge in [0, 0.05) is 12.8 Å². The molecule has 69 heavy (non-hydrogen) atoms. The molecule has 1 rings (SSSR count). The largest absolute Gasteiger partial charge is 0.479 e. The fourth-order valence-electron chi connectivity index (χ4n) is 9.29. The molecular formula is C58H108O11. The van der Waals surface area contributed by atoms with E-state index >= 15 is 0 Å². The van der Waals surface area contributed by atoms with E-state index in [0.717, 1.165) is 38.5 Å². The van der Waals surface area contributed by atoms with Crippen molar-refractivity contribution in [3.8, 4) is 0 Å². The number of hydrogen-bond donors (Lipinski definition) is 4. The number of allylic oxidation sites excluding steroid dienone is 2. The zero-order chi connectivity index (χ0) is 50.3. The van der Waals surface area contributed by atoms with E-state index in [-0.39, 0.29) is 26.1 Å². The molecule has 0 aromatic carbocycles. The second-order valence-corrected chi connectivity index (χ2v) is 20.5. The monoisotopic (exact) mass is 981 g/mol. The third-order valence-corrected chi connectivity index (χ3v) is 13.9. The van der Waals surface area contributed by atoms with Crippen molar-refractivity contribution < 1.29 is 53.8 Å². The van der Waals surface area contributed by atoms with E-state index in [1.54, 1.807) is 0 Å². The van der Waals surface area contributed by atoms with Crippen molar-refractivity contribution in [3.63, 3.8) is 0 Å². The molecule has 1 aliphatic heterocycles. The van der Waals surface area contributed by atoms with E-state index in [2.05, 4.69) is 26.0 Å². The molecule has 6 unspecified atom stereocenters. The Balaban J connectivity index is 2.22. The second-order valence-electron chi connectivity index (χ2n) is 20.5. The fourth-order valence-corrected chi connectivity index (χ4v) is 9.29. The molecule has 0 amide bonds. The van der Waals surface area contributed by atoms with Crippen LogP contribution in [0.15, 0.2) is 12.2 Å².